The summed E-state index contributed by atoms with van der Waals surface area (Å²) in [4.78, 5) is 4.82. The minimum atomic E-state index is 0.215. The molecule has 1 atom stereocenters. The SMILES string of the molecule is N#Cc1cc2c(nc1SCc1ccccc1)CC(c1ccccc1)CC2=NO. The Morgan fingerprint density at radius 2 is 1.79 bits per heavy atom. The average molecular weight is 385 g/mol. The van der Waals surface area contributed by atoms with Crippen LogP contribution in [0, 0.1) is 11.3 Å². The molecular weight excluding hydrogens is 366 g/mol. The lowest BCUT2D eigenvalue weighted by atomic mass is 9.81. The smallest absolute Gasteiger partial charge is 0.114 e. The van der Waals surface area contributed by atoms with Crippen molar-refractivity contribution in [3.05, 3.63) is 94.7 Å². The number of hydrogen-bond acceptors (Lipinski definition) is 5. The van der Waals surface area contributed by atoms with Gasteiger partial charge in [0.15, 0.2) is 0 Å². The van der Waals surface area contributed by atoms with E-state index in [1.165, 1.54) is 11.1 Å². The van der Waals surface area contributed by atoms with Gasteiger partial charge in [0.25, 0.3) is 0 Å². The fraction of sp³-hybridized carbons (Fsp3) is 0.174. The van der Waals surface area contributed by atoms with E-state index in [0.717, 1.165) is 28.5 Å². The minimum Gasteiger partial charge on any atom is -0.411 e. The fourth-order valence-corrected chi connectivity index (χ4v) is 4.49. The van der Waals surface area contributed by atoms with Gasteiger partial charge in [-0.2, -0.15) is 5.26 Å². The van der Waals surface area contributed by atoms with E-state index in [9.17, 15) is 10.5 Å². The number of nitriles is 1. The molecule has 0 aliphatic heterocycles. The topological polar surface area (TPSA) is 69.3 Å². The van der Waals surface area contributed by atoms with E-state index in [-0.39, 0.29) is 5.92 Å². The molecule has 0 radical (unpaired) electrons. The maximum atomic E-state index is 9.60. The van der Waals surface area contributed by atoms with Crippen LogP contribution in [0.2, 0.25) is 0 Å². The van der Waals surface area contributed by atoms with Gasteiger partial charge in [0.2, 0.25) is 0 Å². The number of thioether (sulfide) groups is 1. The highest BCUT2D eigenvalue weighted by molar-refractivity contribution is 7.98. The van der Waals surface area contributed by atoms with Gasteiger partial charge in [0, 0.05) is 17.7 Å². The molecule has 138 valence electrons. The molecule has 1 aromatic heterocycles. The van der Waals surface area contributed by atoms with Crippen LogP contribution in [0.5, 0.6) is 0 Å². The van der Waals surface area contributed by atoms with Crippen LogP contribution < -0.4 is 0 Å². The van der Waals surface area contributed by atoms with Crippen LogP contribution >= 0.6 is 11.8 Å². The Labute approximate surface area is 168 Å². The fourth-order valence-electron chi connectivity index (χ4n) is 3.56. The molecule has 0 saturated heterocycles. The maximum Gasteiger partial charge on any atom is 0.114 e. The van der Waals surface area contributed by atoms with Crippen LogP contribution in [0.15, 0.2) is 76.9 Å². The van der Waals surface area contributed by atoms with Crippen molar-refractivity contribution >= 4 is 17.5 Å². The number of aromatic nitrogens is 1. The molecular formula is C23H19N3OS. The first-order chi connectivity index (χ1) is 13.8. The predicted octanol–water partition coefficient (Wildman–Crippen LogP) is 5.15. The monoisotopic (exact) mass is 385 g/mol. The number of fused-ring (bicyclic) bond motifs is 1. The second kappa shape index (κ2) is 8.28. The van der Waals surface area contributed by atoms with E-state index in [0.29, 0.717) is 17.7 Å². The molecule has 4 rings (SSSR count). The van der Waals surface area contributed by atoms with Gasteiger partial charge >= 0.3 is 0 Å². The summed E-state index contributed by atoms with van der Waals surface area (Å²) in [5.41, 5.74) is 5.20. The molecule has 1 N–H and O–H groups in total. The largest absolute Gasteiger partial charge is 0.411 e. The minimum absolute atomic E-state index is 0.215. The first-order valence-corrected chi connectivity index (χ1v) is 10.1. The van der Waals surface area contributed by atoms with Crippen molar-refractivity contribution in [2.75, 3.05) is 0 Å². The summed E-state index contributed by atoms with van der Waals surface area (Å²) in [5, 5.41) is 23.4. The Morgan fingerprint density at radius 1 is 1.07 bits per heavy atom. The lowest BCUT2D eigenvalue weighted by molar-refractivity contribution is 0.316. The Bertz CT molecular complexity index is 1040. The Kier molecular flexibility index (Phi) is 5.41. The van der Waals surface area contributed by atoms with Crippen molar-refractivity contribution < 1.29 is 5.21 Å². The van der Waals surface area contributed by atoms with Gasteiger partial charge in [-0.25, -0.2) is 4.98 Å². The summed E-state index contributed by atoms with van der Waals surface area (Å²) >= 11 is 1.57. The molecule has 28 heavy (non-hydrogen) atoms. The van der Waals surface area contributed by atoms with Crippen molar-refractivity contribution in [3.63, 3.8) is 0 Å². The van der Waals surface area contributed by atoms with Crippen LogP contribution in [0.3, 0.4) is 0 Å². The highest BCUT2D eigenvalue weighted by atomic mass is 32.2. The van der Waals surface area contributed by atoms with Gasteiger partial charge in [-0.15, -0.1) is 11.8 Å². The molecule has 1 aliphatic rings. The molecule has 5 heteroatoms. The summed E-state index contributed by atoms with van der Waals surface area (Å²) in [5.74, 6) is 0.969. The van der Waals surface area contributed by atoms with Gasteiger partial charge in [-0.05, 0) is 29.5 Å². The number of pyridine rings is 1. The third-order valence-electron chi connectivity index (χ3n) is 4.99. The third kappa shape index (κ3) is 3.78. The summed E-state index contributed by atoms with van der Waals surface area (Å²) in [6, 6.07) is 24.5. The van der Waals surface area contributed by atoms with Crippen LogP contribution in [0.4, 0.5) is 0 Å². The van der Waals surface area contributed by atoms with Gasteiger partial charge < -0.3 is 5.21 Å². The van der Waals surface area contributed by atoms with E-state index < -0.39 is 0 Å². The van der Waals surface area contributed by atoms with Gasteiger partial charge in [-0.3, -0.25) is 0 Å². The second-order valence-electron chi connectivity index (χ2n) is 6.78. The first kappa shape index (κ1) is 18.3. The van der Waals surface area contributed by atoms with Crippen LogP contribution in [0.1, 0.15) is 40.3 Å². The van der Waals surface area contributed by atoms with Crippen LogP contribution in [-0.4, -0.2) is 15.9 Å². The zero-order valence-electron chi connectivity index (χ0n) is 15.2. The number of hydrogen-bond donors (Lipinski definition) is 1. The van der Waals surface area contributed by atoms with E-state index >= 15 is 0 Å². The Hall–Kier alpha value is -3.10. The molecule has 0 amide bonds. The molecule has 1 unspecified atom stereocenters. The van der Waals surface area contributed by atoms with Gasteiger partial charge in [0.1, 0.15) is 11.1 Å². The predicted molar refractivity (Wildman–Crippen MR) is 111 cm³/mol. The summed E-state index contributed by atoms with van der Waals surface area (Å²) in [6.07, 6.45) is 1.40. The maximum absolute atomic E-state index is 9.60. The standard InChI is InChI=1S/C23H19N3OS/c24-14-19-11-20-21(25-23(19)28-15-16-7-3-1-4-8-16)12-18(13-22(20)26-27)17-9-5-2-6-10-17/h1-11,18,27H,12-13,15H2. The molecule has 0 fully saturated rings. The van der Waals surface area contributed by atoms with Gasteiger partial charge in [-0.1, -0.05) is 65.8 Å². The molecule has 0 spiro atoms. The number of nitrogens with zero attached hydrogens (tertiary/aromatic N) is 3. The van der Waals surface area contributed by atoms with E-state index in [1.807, 2.05) is 42.5 Å². The normalized spacial score (nSPS) is 17.1. The molecule has 0 saturated carbocycles. The molecule has 1 aliphatic carbocycles. The molecule has 0 bridgehead atoms. The van der Waals surface area contributed by atoms with Crippen LogP contribution in [0.25, 0.3) is 0 Å². The van der Waals surface area contributed by atoms with Crippen LogP contribution in [-0.2, 0) is 12.2 Å². The third-order valence-corrected chi connectivity index (χ3v) is 6.05. The Balaban J connectivity index is 1.67. The lowest BCUT2D eigenvalue weighted by Crippen LogP contribution is -2.21. The summed E-state index contributed by atoms with van der Waals surface area (Å²) in [7, 11) is 0. The average Bonchev–Trinajstić information content (AvgIpc) is 2.77. The molecule has 2 aromatic carbocycles. The van der Waals surface area contributed by atoms with Crippen molar-refractivity contribution in [1.82, 2.24) is 4.98 Å². The summed E-state index contributed by atoms with van der Waals surface area (Å²) < 4.78 is 0. The molecule has 3 aromatic rings. The zero-order chi connectivity index (χ0) is 19.3. The van der Waals surface area contributed by atoms with E-state index in [2.05, 4.69) is 35.5 Å². The Morgan fingerprint density at radius 3 is 2.46 bits per heavy atom. The van der Waals surface area contributed by atoms with E-state index in [4.69, 9.17) is 4.98 Å². The molecule has 1 heterocycles. The molecule has 4 nitrogen and oxygen atoms in total. The summed E-state index contributed by atoms with van der Waals surface area (Å²) in [6.45, 7) is 0. The number of oxime groups is 1. The first-order valence-electron chi connectivity index (χ1n) is 9.15. The quantitative estimate of drug-likeness (QED) is 0.383. The highest BCUT2D eigenvalue weighted by Crippen LogP contribution is 2.35. The van der Waals surface area contributed by atoms with E-state index in [1.54, 1.807) is 11.8 Å². The second-order valence-corrected chi connectivity index (χ2v) is 7.75. The van der Waals surface area contributed by atoms with Crippen molar-refractivity contribution in [2.45, 2.75) is 29.5 Å². The van der Waals surface area contributed by atoms with Gasteiger partial charge in [0.05, 0.1) is 17.0 Å². The number of benzene rings is 2. The lowest BCUT2D eigenvalue weighted by Gasteiger charge is -2.25. The highest BCUT2D eigenvalue weighted by Gasteiger charge is 2.28. The van der Waals surface area contributed by atoms with Crippen molar-refractivity contribution in [3.8, 4) is 6.07 Å². The van der Waals surface area contributed by atoms with Crippen molar-refractivity contribution in [1.29, 1.82) is 5.26 Å². The number of rotatable bonds is 4. The van der Waals surface area contributed by atoms with Crippen molar-refractivity contribution in [2.24, 2.45) is 5.16 Å². The zero-order valence-corrected chi connectivity index (χ0v) is 16.1.